The molecule has 1 amide bonds. The Hall–Kier alpha value is -2.53. The van der Waals surface area contributed by atoms with E-state index in [-0.39, 0.29) is 12.3 Å². The zero-order chi connectivity index (χ0) is 12.7. The first-order chi connectivity index (χ1) is 8.17. The Bertz CT molecular complexity index is 450. The molecule has 0 bridgehead atoms. The fourth-order valence-electron chi connectivity index (χ4n) is 1.27. The summed E-state index contributed by atoms with van der Waals surface area (Å²) in [6.07, 6.45) is 0.642. The molecule has 0 spiro atoms. The van der Waals surface area contributed by atoms with Crippen LogP contribution in [0, 0.1) is 5.41 Å². The molecule has 0 fully saturated rings. The number of nitrogens with zero attached hydrogens (tertiary/aromatic N) is 3. The van der Waals surface area contributed by atoms with Crippen LogP contribution < -0.4 is 5.32 Å². The SMILES string of the molecule is [N-]=[N+]=NC[C@H](NC(=O)C=N)c1ccc(O)cc1. The molecule has 0 saturated carbocycles. The van der Waals surface area contributed by atoms with Crippen molar-refractivity contribution in [2.45, 2.75) is 6.04 Å². The van der Waals surface area contributed by atoms with Gasteiger partial charge in [0.2, 0.25) is 0 Å². The predicted octanol–water partition coefficient (Wildman–Crippen LogP) is 1.51. The van der Waals surface area contributed by atoms with Crippen LogP contribution in [0.3, 0.4) is 0 Å². The average Bonchev–Trinajstić information content (AvgIpc) is 2.35. The van der Waals surface area contributed by atoms with Crippen molar-refractivity contribution < 1.29 is 9.90 Å². The van der Waals surface area contributed by atoms with Gasteiger partial charge < -0.3 is 15.8 Å². The van der Waals surface area contributed by atoms with Gasteiger partial charge in [0.1, 0.15) is 5.75 Å². The molecule has 0 aliphatic heterocycles. The van der Waals surface area contributed by atoms with Crippen molar-refractivity contribution in [1.82, 2.24) is 5.32 Å². The summed E-state index contributed by atoms with van der Waals surface area (Å²) in [5.41, 5.74) is 8.94. The van der Waals surface area contributed by atoms with Crippen LogP contribution in [0.15, 0.2) is 29.4 Å². The molecular formula is C10H11N5O2. The van der Waals surface area contributed by atoms with E-state index in [9.17, 15) is 4.79 Å². The molecule has 3 N–H and O–H groups in total. The summed E-state index contributed by atoms with van der Waals surface area (Å²) in [5.74, 6) is -0.467. The number of phenolic OH excluding ortho intramolecular Hbond substituents is 1. The van der Waals surface area contributed by atoms with Gasteiger partial charge in [0.15, 0.2) is 0 Å². The van der Waals surface area contributed by atoms with Crippen LogP contribution in [0.4, 0.5) is 0 Å². The molecule has 17 heavy (non-hydrogen) atoms. The van der Waals surface area contributed by atoms with Gasteiger partial charge in [-0.2, -0.15) is 0 Å². The van der Waals surface area contributed by atoms with Crippen molar-refractivity contribution in [3.63, 3.8) is 0 Å². The maximum atomic E-state index is 11.1. The van der Waals surface area contributed by atoms with E-state index in [1.165, 1.54) is 12.1 Å². The van der Waals surface area contributed by atoms with E-state index in [4.69, 9.17) is 16.0 Å². The molecule has 1 aromatic carbocycles. The van der Waals surface area contributed by atoms with Crippen LogP contribution >= 0.6 is 0 Å². The molecule has 1 atom stereocenters. The topological polar surface area (TPSA) is 122 Å². The first kappa shape index (κ1) is 12.5. The second-order valence-corrected chi connectivity index (χ2v) is 3.21. The highest BCUT2D eigenvalue weighted by atomic mass is 16.3. The lowest BCUT2D eigenvalue weighted by Gasteiger charge is -2.15. The molecule has 7 heteroatoms. The highest BCUT2D eigenvalue weighted by molar-refractivity contribution is 6.25. The Morgan fingerprint density at radius 2 is 2.24 bits per heavy atom. The van der Waals surface area contributed by atoms with Crippen LogP contribution in [0.2, 0.25) is 0 Å². The summed E-state index contributed by atoms with van der Waals surface area (Å²) < 4.78 is 0. The van der Waals surface area contributed by atoms with Gasteiger partial charge in [-0.3, -0.25) is 4.79 Å². The molecular weight excluding hydrogens is 222 g/mol. The van der Waals surface area contributed by atoms with Crippen molar-refractivity contribution >= 4 is 12.1 Å². The number of aromatic hydroxyl groups is 1. The van der Waals surface area contributed by atoms with Crippen molar-refractivity contribution in [2.75, 3.05) is 6.54 Å². The fourth-order valence-corrected chi connectivity index (χ4v) is 1.27. The lowest BCUT2D eigenvalue weighted by molar-refractivity contribution is -0.115. The molecule has 88 valence electrons. The number of benzene rings is 1. The van der Waals surface area contributed by atoms with E-state index in [0.29, 0.717) is 11.8 Å². The molecule has 1 aromatic rings. The first-order valence-corrected chi connectivity index (χ1v) is 4.78. The largest absolute Gasteiger partial charge is 0.508 e. The van der Waals surface area contributed by atoms with Gasteiger partial charge in [-0.15, -0.1) is 0 Å². The number of carbonyl (C=O) groups excluding carboxylic acids is 1. The van der Waals surface area contributed by atoms with Crippen LogP contribution in [0.5, 0.6) is 5.75 Å². The zero-order valence-electron chi connectivity index (χ0n) is 8.87. The summed E-state index contributed by atoms with van der Waals surface area (Å²) in [5, 5.41) is 21.8. The van der Waals surface area contributed by atoms with Gasteiger partial charge in [-0.1, -0.05) is 17.2 Å². The van der Waals surface area contributed by atoms with Gasteiger partial charge in [0.05, 0.1) is 18.8 Å². The summed E-state index contributed by atoms with van der Waals surface area (Å²) in [4.78, 5) is 13.7. The molecule has 1 rings (SSSR count). The predicted molar refractivity (Wildman–Crippen MR) is 61.8 cm³/mol. The molecule has 0 aromatic heterocycles. The van der Waals surface area contributed by atoms with E-state index < -0.39 is 11.9 Å². The fraction of sp³-hybridized carbons (Fsp3) is 0.200. The van der Waals surface area contributed by atoms with Crippen molar-refractivity contribution in [3.8, 4) is 5.75 Å². The van der Waals surface area contributed by atoms with Crippen LogP contribution in [-0.4, -0.2) is 23.8 Å². The molecule has 0 heterocycles. The van der Waals surface area contributed by atoms with Crippen molar-refractivity contribution in [1.29, 1.82) is 5.41 Å². The third-order valence-electron chi connectivity index (χ3n) is 2.07. The summed E-state index contributed by atoms with van der Waals surface area (Å²) in [6.45, 7) is 0.0425. The number of phenols is 1. The third kappa shape index (κ3) is 3.84. The lowest BCUT2D eigenvalue weighted by atomic mass is 10.1. The van der Waals surface area contributed by atoms with Gasteiger partial charge in [0.25, 0.3) is 5.91 Å². The quantitative estimate of drug-likeness (QED) is 0.309. The Labute approximate surface area is 97.2 Å². The highest BCUT2D eigenvalue weighted by Crippen LogP contribution is 2.17. The van der Waals surface area contributed by atoms with Crippen LogP contribution in [0.1, 0.15) is 11.6 Å². The van der Waals surface area contributed by atoms with E-state index in [1.54, 1.807) is 12.1 Å². The van der Waals surface area contributed by atoms with Gasteiger partial charge >= 0.3 is 0 Å². The van der Waals surface area contributed by atoms with Gasteiger partial charge in [-0.25, -0.2) is 0 Å². The molecule has 0 unspecified atom stereocenters. The smallest absolute Gasteiger partial charge is 0.262 e. The van der Waals surface area contributed by atoms with Crippen LogP contribution in [-0.2, 0) is 4.79 Å². The van der Waals surface area contributed by atoms with E-state index >= 15 is 0 Å². The number of azide groups is 1. The summed E-state index contributed by atoms with van der Waals surface area (Å²) in [7, 11) is 0. The number of rotatable bonds is 5. The Morgan fingerprint density at radius 3 is 2.76 bits per heavy atom. The second kappa shape index (κ2) is 6.14. The van der Waals surface area contributed by atoms with E-state index in [0.717, 1.165) is 0 Å². The minimum absolute atomic E-state index is 0.0425. The molecule has 0 aliphatic rings. The van der Waals surface area contributed by atoms with Crippen molar-refractivity contribution in [2.24, 2.45) is 5.11 Å². The number of nitrogens with one attached hydrogen (secondary N) is 2. The lowest BCUT2D eigenvalue weighted by Crippen LogP contribution is -2.30. The van der Waals surface area contributed by atoms with E-state index in [1.807, 2.05) is 0 Å². The number of hydrogen-bond donors (Lipinski definition) is 3. The maximum Gasteiger partial charge on any atom is 0.262 e. The van der Waals surface area contributed by atoms with Crippen molar-refractivity contribution in [3.05, 3.63) is 40.3 Å². The molecule has 0 saturated heterocycles. The Balaban J connectivity index is 2.88. The summed E-state index contributed by atoms with van der Waals surface area (Å²) >= 11 is 0. The standard InChI is InChI=1S/C10H11N5O2/c11-5-10(17)14-9(6-13-15-12)7-1-3-8(16)4-2-7/h1-5,9,11,16H,6H2,(H,14,17)/t9-/m0/s1. The minimum Gasteiger partial charge on any atom is -0.508 e. The van der Waals surface area contributed by atoms with Gasteiger partial charge in [0, 0.05) is 4.91 Å². The molecule has 7 nitrogen and oxygen atoms in total. The molecule has 0 radical (unpaired) electrons. The average molecular weight is 233 g/mol. The number of hydrogen-bond acceptors (Lipinski definition) is 4. The third-order valence-corrected chi connectivity index (χ3v) is 2.07. The number of carbonyl (C=O) groups is 1. The zero-order valence-corrected chi connectivity index (χ0v) is 8.87. The van der Waals surface area contributed by atoms with Gasteiger partial charge in [-0.05, 0) is 23.2 Å². The normalized spacial score (nSPS) is 11.1. The first-order valence-electron chi connectivity index (χ1n) is 4.78. The highest BCUT2D eigenvalue weighted by Gasteiger charge is 2.12. The molecule has 0 aliphatic carbocycles. The number of amides is 1. The Kier molecular flexibility index (Phi) is 4.53. The monoisotopic (exact) mass is 233 g/mol. The second-order valence-electron chi connectivity index (χ2n) is 3.21. The Morgan fingerprint density at radius 1 is 1.59 bits per heavy atom. The summed E-state index contributed by atoms with van der Waals surface area (Å²) in [6, 6.07) is 5.64. The minimum atomic E-state index is -0.573. The van der Waals surface area contributed by atoms with Crippen LogP contribution in [0.25, 0.3) is 10.4 Å². The van der Waals surface area contributed by atoms with E-state index in [2.05, 4.69) is 15.3 Å². The maximum absolute atomic E-state index is 11.1.